The Balaban J connectivity index is 1.26. The zero-order valence-corrected chi connectivity index (χ0v) is 20.1. The largest absolute Gasteiger partial charge is 0.493 e. The molecule has 0 bridgehead atoms. The highest BCUT2D eigenvalue weighted by atomic mass is 32.2. The van der Waals surface area contributed by atoms with Crippen LogP contribution in [0.2, 0.25) is 0 Å². The highest BCUT2D eigenvalue weighted by molar-refractivity contribution is 8.26. The maximum Gasteiger partial charge on any atom is 0.283 e. The topological polar surface area (TPSA) is 86.3 Å². The number of nitrogens with one attached hydrogen (secondary N) is 1. The number of hydrogen-bond donors (Lipinski definition) is 1. The number of para-hydroxylation sites is 1. The standard InChI is InChI=1S/C25H28N6O2S/c1-18-9-3-4-11-21(18)33-16-8-15-29-14-7-10-19(29)17-20-22(26)31-24(27-23(20)32)34-25(28-31)30-12-5-2-6-13-30/h3-4,7,9-11,14,17,26H,2,5-6,8,12-13,15-16H2,1H3/b20-17+,26-22?. The first-order valence-electron chi connectivity index (χ1n) is 11.7. The van der Waals surface area contributed by atoms with E-state index >= 15 is 0 Å². The first-order chi connectivity index (χ1) is 16.6. The lowest BCUT2D eigenvalue weighted by atomic mass is 10.1. The summed E-state index contributed by atoms with van der Waals surface area (Å²) >= 11 is 1.38. The molecule has 176 valence electrons. The number of fused-ring (bicyclic) bond motifs is 1. The van der Waals surface area contributed by atoms with Gasteiger partial charge in [-0.05, 0) is 74.2 Å². The molecule has 0 unspecified atom stereocenters. The number of likely N-dealkylation sites (tertiary alicyclic amines) is 1. The number of benzene rings is 1. The maximum absolute atomic E-state index is 12.8. The Hall–Kier alpha value is -3.33. The van der Waals surface area contributed by atoms with Crippen LogP contribution in [0.5, 0.6) is 5.75 Å². The van der Waals surface area contributed by atoms with Crippen LogP contribution in [0, 0.1) is 12.3 Å². The fraction of sp³-hybridized carbons (Fsp3) is 0.360. The predicted molar refractivity (Wildman–Crippen MR) is 136 cm³/mol. The van der Waals surface area contributed by atoms with E-state index in [-0.39, 0.29) is 11.4 Å². The van der Waals surface area contributed by atoms with E-state index in [0.717, 1.165) is 61.1 Å². The van der Waals surface area contributed by atoms with Crippen LogP contribution in [0.15, 0.2) is 58.3 Å². The molecule has 0 aliphatic carbocycles. The number of nitrogens with zero attached hydrogens (tertiary/aromatic N) is 5. The third-order valence-corrected chi connectivity index (χ3v) is 7.09. The van der Waals surface area contributed by atoms with Gasteiger partial charge in [-0.15, -0.1) is 5.10 Å². The second kappa shape index (κ2) is 9.89. The molecule has 0 atom stereocenters. The smallest absolute Gasteiger partial charge is 0.283 e. The van der Waals surface area contributed by atoms with Crippen LogP contribution in [0.1, 0.15) is 36.9 Å². The predicted octanol–water partition coefficient (Wildman–Crippen LogP) is 4.33. The van der Waals surface area contributed by atoms with Crippen molar-refractivity contribution in [3.63, 3.8) is 0 Å². The van der Waals surface area contributed by atoms with E-state index in [0.29, 0.717) is 11.8 Å². The molecule has 1 aromatic heterocycles. The number of ether oxygens (including phenoxy) is 1. The average Bonchev–Trinajstić information content (AvgIpc) is 3.48. The number of hydrogen-bond acceptors (Lipinski definition) is 6. The molecule has 8 nitrogen and oxygen atoms in total. The molecule has 1 aromatic carbocycles. The van der Waals surface area contributed by atoms with Crippen molar-refractivity contribution in [1.82, 2.24) is 14.5 Å². The lowest BCUT2D eigenvalue weighted by Gasteiger charge is -2.26. The van der Waals surface area contributed by atoms with E-state index in [1.807, 2.05) is 49.5 Å². The molecule has 0 radical (unpaired) electrons. The van der Waals surface area contributed by atoms with Crippen LogP contribution >= 0.6 is 11.8 Å². The number of piperidine rings is 1. The molecule has 5 rings (SSSR count). The minimum Gasteiger partial charge on any atom is -0.493 e. The van der Waals surface area contributed by atoms with Crippen molar-refractivity contribution in [2.24, 2.45) is 10.1 Å². The summed E-state index contributed by atoms with van der Waals surface area (Å²) in [4.78, 5) is 19.2. The lowest BCUT2D eigenvalue weighted by molar-refractivity contribution is -0.114. The summed E-state index contributed by atoms with van der Waals surface area (Å²) in [6.07, 6.45) is 8.05. The van der Waals surface area contributed by atoms with Gasteiger partial charge in [-0.2, -0.15) is 10.0 Å². The van der Waals surface area contributed by atoms with E-state index in [1.165, 1.54) is 23.2 Å². The molecule has 34 heavy (non-hydrogen) atoms. The minimum atomic E-state index is -0.394. The summed E-state index contributed by atoms with van der Waals surface area (Å²) in [5.74, 6) is 0.583. The Bertz CT molecular complexity index is 1190. The van der Waals surface area contributed by atoms with Gasteiger partial charge in [-0.25, -0.2) is 0 Å². The summed E-state index contributed by atoms with van der Waals surface area (Å²) in [7, 11) is 0. The van der Waals surface area contributed by atoms with Crippen molar-refractivity contribution in [3.8, 4) is 5.75 Å². The number of aryl methyl sites for hydroxylation is 2. The van der Waals surface area contributed by atoms with Crippen LogP contribution in [-0.4, -0.2) is 56.3 Å². The normalized spacial score (nSPS) is 19.4. The van der Waals surface area contributed by atoms with Crippen molar-refractivity contribution in [2.45, 2.75) is 39.2 Å². The zero-order chi connectivity index (χ0) is 23.5. The van der Waals surface area contributed by atoms with Crippen molar-refractivity contribution >= 4 is 39.9 Å². The van der Waals surface area contributed by atoms with E-state index in [4.69, 9.17) is 10.1 Å². The van der Waals surface area contributed by atoms with Gasteiger partial charge in [-0.3, -0.25) is 10.2 Å². The van der Waals surface area contributed by atoms with Gasteiger partial charge in [-0.1, -0.05) is 18.2 Å². The third-order valence-electron chi connectivity index (χ3n) is 6.12. The van der Waals surface area contributed by atoms with Gasteiger partial charge in [0, 0.05) is 31.5 Å². The number of rotatable bonds is 6. The molecule has 0 saturated carbocycles. The number of carbonyl (C=O) groups is 1. The zero-order valence-electron chi connectivity index (χ0n) is 19.2. The molecule has 3 aliphatic heterocycles. The Morgan fingerprint density at radius 2 is 1.94 bits per heavy atom. The Kier molecular flexibility index (Phi) is 6.53. The Morgan fingerprint density at radius 1 is 1.12 bits per heavy atom. The fourth-order valence-electron chi connectivity index (χ4n) is 4.24. The summed E-state index contributed by atoms with van der Waals surface area (Å²) in [5, 5.41) is 16.1. The van der Waals surface area contributed by atoms with E-state index in [9.17, 15) is 4.79 Å². The van der Waals surface area contributed by atoms with Crippen molar-refractivity contribution in [3.05, 3.63) is 59.4 Å². The Morgan fingerprint density at radius 3 is 2.76 bits per heavy atom. The summed E-state index contributed by atoms with van der Waals surface area (Å²) in [6.45, 7) is 5.29. The minimum absolute atomic E-state index is 0.0742. The molecule has 2 aromatic rings. The quantitative estimate of drug-likeness (QED) is 0.495. The van der Waals surface area contributed by atoms with Gasteiger partial charge >= 0.3 is 0 Å². The fourth-order valence-corrected chi connectivity index (χ4v) is 5.18. The molecule has 1 fully saturated rings. The van der Waals surface area contributed by atoms with Gasteiger partial charge in [0.05, 0.1) is 12.2 Å². The highest BCUT2D eigenvalue weighted by Crippen LogP contribution is 2.30. The number of amides is 1. The van der Waals surface area contributed by atoms with Gasteiger partial charge in [0.25, 0.3) is 5.91 Å². The second-order valence-electron chi connectivity index (χ2n) is 8.54. The maximum atomic E-state index is 12.8. The Labute approximate surface area is 203 Å². The van der Waals surface area contributed by atoms with E-state index < -0.39 is 5.91 Å². The van der Waals surface area contributed by atoms with Crippen LogP contribution in [-0.2, 0) is 11.3 Å². The molecular formula is C25H28N6O2S. The van der Waals surface area contributed by atoms with Crippen LogP contribution in [0.4, 0.5) is 0 Å². The van der Waals surface area contributed by atoms with E-state index in [1.54, 1.807) is 6.08 Å². The number of aliphatic imine (C=N–C) groups is 1. The highest BCUT2D eigenvalue weighted by Gasteiger charge is 2.37. The summed E-state index contributed by atoms with van der Waals surface area (Å²) in [6, 6.07) is 11.9. The number of thioether (sulfide) groups is 1. The molecule has 0 spiro atoms. The average molecular weight is 477 g/mol. The van der Waals surface area contributed by atoms with Gasteiger partial charge in [0.15, 0.2) is 11.0 Å². The molecular weight excluding hydrogens is 448 g/mol. The van der Waals surface area contributed by atoms with Crippen molar-refractivity contribution in [2.75, 3.05) is 19.7 Å². The third kappa shape index (κ3) is 4.65. The van der Waals surface area contributed by atoms with Crippen LogP contribution in [0.3, 0.4) is 0 Å². The van der Waals surface area contributed by atoms with Crippen molar-refractivity contribution in [1.29, 1.82) is 5.41 Å². The van der Waals surface area contributed by atoms with Crippen LogP contribution in [0.25, 0.3) is 6.08 Å². The van der Waals surface area contributed by atoms with Gasteiger partial charge in [0.1, 0.15) is 5.75 Å². The lowest BCUT2D eigenvalue weighted by Crippen LogP contribution is -2.35. The SMILES string of the molecule is Cc1ccccc1OCCCn1cccc1/C=C1\C(=N)N2N=C(N3CCCCC3)SC2=NC1=O. The molecule has 1 saturated heterocycles. The molecule has 3 aliphatic rings. The van der Waals surface area contributed by atoms with E-state index in [2.05, 4.69) is 19.6 Å². The van der Waals surface area contributed by atoms with Gasteiger partial charge in [0.2, 0.25) is 5.17 Å². The molecule has 1 amide bonds. The molecule has 9 heteroatoms. The van der Waals surface area contributed by atoms with Crippen molar-refractivity contribution < 1.29 is 9.53 Å². The van der Waals surface area contributed by atoms with Crippen LogP contribution < -0.4 is 4.74 Å². The second-order valence-corrected chi connectivity index (χ2v) is 9.48. The number of aromatic nitrogens is 1. The molecule has 1 N–H and O–H groups in total. The number of amidine groups is 3. The van der Waals surface area contributed by atoms with Gasteiger partial charge < -0.3 is 14.2 Å². The summed E-state index contributed by atoms with van der Waals surface area (Å²) in [5.41, 5.74) is 2.23. The molecule has 4 heterocycles. The number of carbonyl (C=O) groups excluding carboxylic acids is 1. The first-order valence-corrected chi connectivity index (χ1v) is 12.5. The number of hydrazone groups is 1. The monoisotopic (exact) mass is 476 g/mol. The summed E-state index contributed by atoms with van der Waals surface area (Å²) < 4.78 is 7.97. The first kappa shape index (κ1) is 22.5.